The van der Waals surface area contributed by atoms with Gasteiger partial charge >= 0.3 is 5.69 Å². The van der Waals surface area contributed by atoms with E-state index in [2.05, 4.69) is 10.3 Å². The number of amides is 1. The quantitative estimate of drug-likeness (QED) is 0.675. The molecular weight excluding hydrogens is 414 g/mol. The van der Waals surface area contributed by atoms with Crippen LogP contribution in [0.4, 0.5) is 10.8 Å². The van der Waals surface area contributed by atoms with E-state index < -0.39 is 0 Å². The molecule has 0 bridgehead atoms. The third-order valence-electron chi connectivity index (χ3n) is 5.71. The molecule has 1 amide bonds. The van der Waals surface area contributed by atoms with E-state index in [0.717, 1.165) is 15.9 Å². The highest BCUT2D eigenvalue weighted by molar-refractivity contribution is 7.13. The van der Waals surface area contributed by atoms with Crippen molar-refractivity contribution in [3.63, 3.8) is 0 Å². The van der Waals surface area contributed by atoms with Crippen LogP contribution in [0.15, 0.2) is 45.3 Å². The largest absolute Gasteiger partial charge is 0.366 e. The summed E-state index contributed by atoms with van der Waals surface area (Å²) in [6, 6.07) is 9.30. The number of benzene rings is 1. The highest BCUT2D eigenvalue weighted by Gasteiger charge is 2.29. The van der Waals surface area contributed by atoms with Gasteiger partial charge in [-0.1, -0.05) is 18.2 Å². The first kappa shape index (κ1) is 21.0. The van der Waals surface area contributed by atoms with Gasteiger partial charge in [0.05, 0.1) is 17.1 Å². The second-order valence-electron chi connectivity index (χ2n) is 7.80. The minimum absolute atomic E-state index is 0.0344. The predicted octanol–water partition coefficient (Wildman–Crippen LogP) is 2.46. The highest BCUT2D eigenvalue weighted by Crippen LogP contribution is 2.25. The number of rotatable bonds is 4. The van der Waals surface area contributed by atoms with Gasteiger partial charge in [-0.3, -0.25) is 18.7 Å². The number of nitrogens with one attached hydrogen (secondary N) is 1. The van der Waals surface area contributed by atoms with Gasteiger partial charge in [0.15, 0.2) is 5.13 Å². The summed E-state index contributed by atoms with van der Waals surface area (Å²) < 4.78 is 2.72. The van der Waals surface area contributed by atoms with Gasteiger partial charge in [0.2, 0.25) is 5.91 Å². The minimum Gasteiger partial charge on any atom is -0.366 e. The number of carbonyl (C=O) groups is 1. The Morgan fingerprint density at radius 2 is 1.81 bits per heavy atom. The number of hydrogen-bond acceptors (Lipinski definition) is 6. The topological polar surface area (TPSA) is 89.2 Å². The number of anilines is 2. The number of aryl methyl sites for hydroxylation is 1. The summed E-state index contributed by atoms with van der Waals surface area (Å²) in [7, 11) is 1.50. The smallest absolute Gasteiger partial charge is 0.335 e. The maximum absolute atomic E-state index is 13.0. The zero-order chi connectivity index (χ0) is 22.1. The molecule has 0 atom stereocenters. The number of para-hydroxylation sites is 1. The van der Waals surface area contributed by atoms with E-state index in [1.165, 1.54) is 18.4 Å². The van der Waals surface area contributed by atoms with Crippen molar-refractivity contribution >= 4 is 28.1 Å². The Balaban J connectivity index is 1.57. The molecule has 8 nitrogen and oxygen atoms in total. The van der Waals surface area contributed by atoms with Gasteiger partial charge in [-0.15, -0.1) is 11.3 Å². The molecule has 0 aliphatic carbocycles. The Bertz CT molecular complexity index is 1220. The molecule has 0 unspecified atom stereocenters. The van der Waals surface area contributed by atoms with Gasteiger partial charge in [-0.2, -0.15) is 0 Å². The molecule has 31 heavy (non-hydrogen) atoms. The van der Waals surface area contributed by atoms with E-state index in [1.54, 1.807) is 11.5 Å². The molecule has 162 valence electrons. The number of thiazole rings is 1. The zero-order valence-electron chi connectivity index (χ0n) is 17.8. The molecule has 9 heteroatoms. The summed E-state index contributed by atoms with van der Waals surface area (Å²) in [5, 5.41) is 5.41. The summed E-state index contributed by atoms with van der Waals surface area (Å²) in [4.78, 5) is 44.7. The van der Waals surface area contributed by atoms with E-state index in [1.807, 2.05) is 47.5 Å². The molecule has 0 radical (unpaired) electrons. The second-order valence-corrected chi connectivity index (χ2v) is 8.65. The number of carbonyl (C=O) groups excluding carboxylic acids is 1. The molecule has 0 spiro atoms. The summed E-state index contributed by atoms with van der Waals surface area (Å²) in [6.07, 6.45) is 1.26. The van der Waals surface area contributed by atoms with Crippen LogP contribution >= 0.6 is 11.3 Å². The fourth-order valence-electron chi connectivity index (χ4n) is 4.03. The molecule has 1 fully saturated rings. The normalized spacial score (nSPS) is 14.6. The predicted molar refractivity (Wildman–Crippen MR) is 122 cm³/mol. The highest BCUT2D eigenvalue weighted by atomic mass is 32.1. The summed E-state index contributed by atoms with van der Waals surface area (Å²) in [6.45, 7) is 4.83. The van der Waals surface area contributed by atoms with Crippen molar-refractivity contribution in [2.45, 2.75) is 26.7 Å². The number of hydrogen-bond donors (Lipinski definition) is 1. The lowest BCUT2D eigenvalue weighted by molar-refractivity contribution is -0.120. The first-order chi connectivity index (χ1) is 14.9. The third-order valence-corrected chi connectivity index (χ3v) is 6.58. The zero-order valence-corrected chi connectivity index (χ0v) is 18.6. The molecule has 1 N–H and O–H groups in total. The van der Waals surface area contributed by atoms with Crippen LogP contribution < -0.4 is 21.5 Å². The average Bonchev–Trinajstić information content (AvgIpc) is 3.18. The summed E-state index contributed by atoms with van der Waals surface area (Å²) in [5.41, 5.74) is 2.05. The summed E-state index contributed by atoms with van der Waals surface area (Å²) in [5.74, 6) is -0.169. The Hall–Kier alpha value is -3.20. The van der Waals surface area contributed by atoms with Gasteiger partial charge in [0.1, 0.15) is 5.69 Å². The molecule has 1 aliphatic heterocycles. The van der Waals surface area contributed by atoms with Gasteiger partial charge < -0.3 is 10.2 Å². The van der Waals surface area contributed by atoms with Crippen LogP contribution in [0.25, 0.3) is 5.69 Å². The minimum atomic E-state index is -0.370. The van der Waals surface area contributed by atoms with Crippen LogP contribution in [0.3, 0.4) is 0 Å². The standard InChI is InChI=1S/C22H25N5O3S/c1-14-13-31-21(23-14)24-19(28)16-9-11-26(12-10-16)18-15(2)27(17-7-5-4-6-8-17)22(30)25(3)20(18)29/h4-8,13,16H,9-12H2,1-3H3,(H,23,24,28). The van der Waals surface area contributed by atoms with Crippen LogP contribution in [0, 0.1) is 19.8 Å². The molecule has 2 aromatic heterocycles. The van der Waals surface area contributed by atoms with Crippen molar-refractivity contribution in [3.05, 3.63) is 67.9 Å². The van der Waals surface area contributed by atoms with Gasteiger partial charge in [0, 0.05) is 31.4 Å². The molecule has 3 heterocycles. The fraction of sp³-hybridized carbons (Fsp3) is 0.364. The van der Waals surface area contributed by atoms with Crippen LogP contribution in [-0.2, 0) is 11.8 Å². The summed E-state index contributed by atoms with van der Waals surface area (Å²) >= 11 is 1.42. The maximum atomic E-state index is 13.0. The Kier molecular flexibility index (Phi) is 5.77. The van der Waals surface area contributed by atoms with E-state index in [9.17, 15) is 14.4 Å². The van der Waals surface area contributed by atoms with Crippen molar-refractivity contribution < 1.29 is 4.79 Å². The molecule has 0 saturated carbocycles. The van der Waals surface area contributed by atoms with Crippen molar-refractivity contribution in [1.82, 2.24) is 14.1 Å². The van der Waals surface area contributed by atoms with Crippen LogP contribution in [0.1, 0.15) is 24.2 Å². The van der Waals surface area contributed by atoms with Crippen LogP contribution in [0.5, 0.6) is 0 Å². The van der Waals surface area contributed by atoms with E-state index in [-0.39, 0.29) is 23.1 Å². The molecule has 1 aliphatic rings. The Morgan fingerprint density at radius 1 is 1.13 bits per heavy atom. The number of piperidine rings is 1. The second kappa shape index (κ2) is 8.50. The molecule has 1 aromatic carbocycles. The van der Waals surface area contributed by atoms with Gasteiger partial charge in [0.25, 0.3) is 5.56 Å². The van der Waals surface area contributed by atoms with Crippen molar-refractivity contribution in [2.75, 3.05) is 23.3 Å². The van der Waals surface area contributed by atoms with E-state index in [0.29, 0.717) is 42.4 Å². The SMILES string of the molecule is Cc1csc(NC(=O)C2CCN(c3c(C)n(-c4ccccc4)c(=O)n(C)c3=O)CC2)n1. The van der Waals surface area contributed by atoms with Gasteiger partial charge in [-0.25, -0.2) is 9.78 Å². The number of nitrogens with zero attached hydrogens (tertiary/aromatic N) is 4. The lowest BCUT2D eigenvalue weighted by Crippen LogP contribution is -2.46. The molecule has 4 rings (SSSR count). The molecular formula is C22H25N5O3S. The lowest BCUT2D eigenvalue weighted by Gasteiger charge is -2.33. The monoisotopic (exact) mass is 439 g/mol. The third kappa shape index (κ3) is 4.05. The fourth-order valence-corrected chi connectivity index (χ4v) is 4.72. The van der Waals surface area contributed by atoms with E-state index in [4.69, 9.17) is 0 Å². The average molecular weight is 440 g/mol. The first-order valence-corrected chi connectivity index (χ1v) is 11.1. The van der Waals surface area contributed by atoms with Crippen molar-refractivity contribution in [2.24, 2.45) is 13.0 Å². The first-order valence-electron chi connectivity index (χ1n) is 10.2. The maximum Gasteiger partial charge on any atom is 0.335 e. The Morgan fingerprint density at radius 3 is 2.42 bits per heavy atom. The molecule has 3 aromatic rings. The van der Waals surface area contributed by atoms with Crippen LogP contribution in [-0.4, -0.2) is 33.1 Å². The van der Waals surface area contributed by atoms with Gasteiger partial charge in [-0.05, 0) is 38.8 Å². The lowest BCUT2D eigenvalue weighted by atomic mass is 9.95. The van der Waals surface area contributed by atoms with Crippen molar-refractivity contribution in [3.8, 4) is 5.69 Å². The molecule has 1 saturated heterocycles. The number of aromatic nitrogens is 3. The van der Waals surface area contributed by atoms with Crippen molar-refractivity contribution in [1.29, 1.82) is 0 Å². The Labute approximate surface area is 183 Å². The van der Waals surface area contributed by atoms with E-state index >= 15 is 0 Å². The van der Waals surface area contributed by atoms with Crippen LogP contribution in [0.2, 0.25) is 0 Å².